The number of hydrogen-bond acceptors (Lipinski definition) is 5. The molecule has 0 aliphatic carbocycles. The predicted molar refractivity (Wildman–Crippen MR) is 157 cm³/mol. The Morgan fingerprint density at radius 2 is 1.77 bits per heavy atom. The molecule has 0 atom stereocenters. The molecule has 5 rings (SSSR count). The van der Waals surface area contributed by atoms with E-state index < -0.39 is 5.82 Å². The highest BCUT2D eigenvalue weighted by Crippen LogP contribution is 2.26. The molecule has 0 radical (unpaired) electrons. The number of carbonyl (C=O) groups is 2. The number of hydrogen-bond donors (Lipinski definition) is 0. The van der Waals surface area contributed by atoms with Crippen LogP contribution in [0.4, 0.5) is 10.1 Å². The van der Waals surface area contributed by atoms with Gasteiger partial charge < -0.3 is 19.3 Å². The molecular formula is C30H31ClFN5O2S. The topological polar surface area (TPSA) is 61.7 Å². The lowest BCUT2D eigenvalue weighted by molar-refractivity contribution is 0.0729. The van der Waals surface area contributed by atoms with Gasteiger partial charge in [-0.25, -0.2) is 9.37 Å². The summed E-state index contributed by atoms with van der Waals surface area (Å²) >= 11 is 7.80. The summed E-state index contributed by atoms with van der Waals surface area (Å²) in [6, 6.07) is 17.7. The summed E-state index contributed by atoms with van der Waals surface area (Å²) in [5, 5.41) is 3.33. The summed E-state index contributed by atoms with van der Waals surface area (Å²) in [5.74, 6) is -0.919. The van der Waals surface area contributed by atoms with E-state index in [9.17, 15) is 14.0 Å². The maximum absolute atomic E-state index is 14.3. The van der Waals surface area contributed by atoms with Gasteiger partial charge in [-0.1, -0.05) is 42.8 Å². The number of amides is 2. The third kappa shape index (κ3) is 6.21. The first-order valence-corrected chi connectivity index (χ1v) is 14.6. The van der Waals surface area contributed by atoms with Gasteiger partial charge in [0.1, 0.15) is 16.5 Å². The van der Waals surface area contributed by atoms with E-state index in [0.29, 0.717) is 56.5 Å². The van der Waals surface area contributed by atoms with Gasteiger partial charge in [-0.2, -0.15) is 0 Å². The Hall–Kier alpha value is -3.69. The zero-order chi connectivity index (χ0) is 28.1. The van der Waals surface area contributed by atoms with Crippen LogP contribution in [0.3, 0.4) is 0 Å². The highest BCUT2D eigenvalue weighted by molar-refractivity contribution is 7.09. The van der Waals surface area contributed by atoms with Crippen LogP contribution in [0.15, 0.2) is 72.2 Å². The molecule has 208 valence electrons. The number of rotatable bonds is 9. The number of piperazine rings is 1. The van der Waals surface area contributed by atoms with E-state index >= 15 is 0 Å². The summed E-state index contributed by atoms with van der Waals surface area (Å²) < 4.78 is 16.3. The summed E-state index contributed by atoms with van der Waals surface area (Å²) in [6.45, 7) is 5.95. The van der Waals surface area contributed by atoms with Crippen molar-refractivity contribution >= 4 is 40.4 Å². The van der Waals surface area contributed by atoms with Crippen LogP contribution in [0, 0.1) is 5.82 Å². The SMILES string of the molecule is CCCN(Cc1cccn1Cc1nc(C(=O)N2CCN(c3ccccc3Cl)CC2)cs1)C(=O)c1ccccc1F. The fraction of sp³-hybridized carbons (Fsp3) is 0.300. The molecule has 0 unspecified atom stereocenters. The maximum Gasteiger partial charge on any atom is 0.273 e. The van der Waals surface area contributed by atoms with Crippen molar-refractivity contribution in [1.82, 2.24) is 19.4 Å². The molecule has 1 saturated heterocycles. The van der Waals surface area contributed by atoms with Crippen LogP contribution in [0.25, 0.3) is 0 Å². The van der Waals surface area contributed by atoms with Gasteiger partial charge in [-0.3, -0.25) is 9.59 Å². The van der Waals surface area contributed by atoms with E-state index in [4.69, 9.17) is 11.6 Å². The van der Waals surface area contributed by atoms with Crippen LogP contribution in [-0.2, 0) is 13.1 Å². The monoisotopic (exact) mass is 579 g/mol. The minimum atomic E-state index is -0.519. The molecule has 10 heteroatoms. The Labute approximate surface area is 242 Å². The summed E-state index contributed by atoms with van der Waals surface area (Å²) in [7, 11) is 0. The molecule has 7 nitrogen and oxygen atoms in total. The van der Waals surface area contributed by atoms with E-state index in [1.54, 1.807) is 17.0 Å². The maximum atomic E-state index is 14.3. The predicted octanol–water partition coefficient (Wildman–Crippen LogP) is 5.80. The van der Waals surface area contributed by atoms with Gasteiger partial charge in [0.15, 0.2) is 0 Å². The summed E-state index contributed by atoms with van der Waals surface area (Å²) in [4.78, 5) is 36.7. The second-order valence-corrected chi connectivity index (χ2v) is 11.0. The minimum Gasteiger partial charge on any atom is -0.367 e. The highest BCUT2D eigenvalue weighted by atomic mass is 35.5. The number of aromatic nitrogens is 2. The van der Waals surface area contributed by atoms with Crippen LogP contribution < -0.4 is 4.90 Å². The van der Waals surface area contributed by atoms with Crippen molar-refractivity contribution in [2.45, 2.75) is 26.4 Å². The molecule has 3 heterocycles. The number of benzene rings is 2. The molecule has 0 saturated carbocycles. The molecule has 0 N–H and O–H groups in total. The average molecular weight is 580 g/mol. The largest absolute Gasteiger partial charge is 0.367 e. The van der Waals surface area contributed by atoms with Gasteiger partial charge in [0.25, 0.3) is 11.8 Å². The molecule has 2 aromatic carbocycles. The lowest BCUT2D eigenvalue weighted by Crippen LogP contribution is -2.49. The van der Waals surface area contributed by atoms with Crippen LogP contribution in [0.5, 0.6) is 0 Å². The van der Waals surface area contributed by atoms with Gasteiger partial charge in [0.2, 0.25) is 0 Å². The van der Waals surface area contributed by atoms with E-state index in [2.05, 4.69) is 9.88 Å². The van der Waals surface area contributed by atoms with E-state index in [1.807, 2.05) is 64.4 Å². The van der Waals surface area contributed by atoms with Crippen LogP contribution in [0.2, 0.25) is 5.02 Å². The van der Waals surface area contributed by atoms with Gasteiger partial charge in [-0.05, 0) is 42.8 Å². The molecular weight excluding hydrogens is 549 g/mol. The summed E-state index contributed by atoms with van der Waals surface area (Å²) in [6.07, 6.45) is 2.69. The number of carbonyl (C=O) groups excluding carboxylic acids is 2. The number of anilines is 1. The van der Waals surface area contributed by atoms with E-state index in [1.165, 1.54) is 23.5 Å². The fourth-order valence-corrected chi connectivity index (χ4v) is 5.94. The standard InChI is InChI=1S/C30H31ClFN5O2S/c1-2-13-37(29(38)23-9-3-5-11-25(23)32)19-22-8-7-14-36(22)20-28-33-26(21-40-28)30(39)35-17-15-34(16-18-35)27-12-6-4-10-24(27)31/h3-12,14,21H,2,13,15-20H2,1H3. The third-order valence-electron chi connectivity index (χ3n) is 7.00. The molecule has 40 heavy (non-hydrogen) atoms. The Balaban J connectivity index is 1.22. The fourth-order valence-electron chi connectivity index (χ4n) is 4.92. The van der Waals surface area contributed by atoms with E-state index in [-0.39, 0.29) is 17.4 Å². The van der Waals surface area contributed by atoms with Gasteiger partial charge in [0, 0.05) is 50.0 Å². The molecule has 1 fully saturated rings. The van der Waals surface area contributed by atoms with Crippen LogP contribution in [-0.4, -0.2) is 63.9 Å². The number of thiazole rings is 1. The van der Waals surface area contributed by atoms with Crippen LogP contribution in [0.1, 0.15) is 44.9 Å². The van der Waals surface area contributed by atoms with Crippen molar-refractivity contribution in [3.8, 4) is 0 Å². The molecule has 2 aromatic heterocycles. The average Bonchev–Trinajstić information content (AvgIpc) is 3.62. The van der Waals surface area contributed by atoms with Gasteiger partial charge in [-0.15, -0.1) is 11.3 Å². The highest BCUT2D eigenvalue weighted by Gasteiger charge is 2.25. The second-order valence-electron chi connectivity index (χ2n) is 9.69. The Morgan fingerprint density at radius 3 is 2.52 bits per heavy atom. The van der Waals surface area contributed by atoms with Crippen molar-refractivity contribution in [3.63, 3.8) is 0 Å². The lowest BCUT2D eigenvalue weighted by Gasteiger charge is -2.36. The second kappa shape index (κ2) is 12.7. The molecule has 1 aliphatic heterocycles. The molecule has 1 aliphatic rings. The minimum absolute atomic E-state index is 0.0707. The van der Waals surface area contributed by atoms with Crippen molar-refractivity contribution in [2.75, 3.05) is 37.6 Å². The van der Waals surface area contributed by atoms with Crippen LogP contribution >= 0.6 is 22.9 Å². The smallest absolute Gasteiger partial charge is 0.273 e. The Morgan fingerprint density at radius 1 is 1.02 bits per heavy atom. The van der Waals surface area contributed by atoms with Crippen molar-refractivity contribution in [2.24, 2.45) is 0 Å². The zero-order valence-electron chi connectivity index (χ0n) is 22.3. The van der Waals surface area contributed by atoms with Crippen molar-refractivity contribution in [3.05, 3.63) is 105 Å². The molecule has 4 aromatic rings. The van der Waals surface area contributed by atoms with Crippen molar-refractivity contribution < 1.29 is 14.0 Å². The summed E-state index contributed by atoms with van der Waals surface area (Å²) in [5.41, 5.74) is 2.42. The van der Waals surface area contributed by atoms with Crippen molar-refractivity contribution in [1.29, 1.82) is 0 Å². The Bertz CT molecular complexity index is 1480. The number of para-hydroxylation sites is 1. The lowest BCUT2D eigenvalue weighted by atomic mass is 10.1. The normalized spacial score (nSPS) is 13.5. The number of halogens is 2. The third-order valence-corrected chi connectivity index (χ3v) is 8.15. The van der Waals surface area contributed by atoms with Gasteiger partial charge in [0.05, 0.1) is 29.4 Å². The first-order valence-electron chi connectivity index (χ1n) is 13.4. The zero-order valence-corrected chi connectivity index (χ0v) is 23.9. The first kappa shape index (κ1) is 27.9. The van der Waals surface area contributed by atoms with E-state index in [0.717, 1.165) is 22.8 Å². The van der Waals surface area contributed by atoms with Gasteiger partial charge >= 0.3 is 0 Å². The molecule has 0 spiro atoms. The Kier molecular flexibility index (Phi) is 8.81. The molecule has 2 amide bonds. The number of nitrogens with zero attached hydrogens (tertiary/aromatic N) is 5. The molecule has 0 bridgehead atoms. The quantitative estimate of drug-likeness (QED) is 0.251. The first-order chi connectivity index (χ1) is 19.4.